The number of anilines is 1. The molecule has 1 fully saturated rings. The first-order valence-corrected chi connectivity index (χ1v) is 17.1. The van der Waals surface area contributed by atoms with Gasteiger partial charge in [-0.15, -0.1) is 0 Å². The Bertz CT molecular complexity index is 1820. The van der Waals surface area contributed by atoms with Gasteiger partial charge < -0.3 is 24.2 Å². The molecule has 4 aromatic rings. The summed E-state index contributed by atoms with van der Waals surface area (Å²) in [4.78, 5) is 15.1. The second kappa shape index (κ2) is 13.2. The molecule has 8 nitrogen and oxygen atoms in total. The van der Waals surface area contributed by atoms with E-state index in [0.717, 1.165) is 54.4 Å². The number of carboxylic acids is 1. The lowest BCUT2D eigenvalue weighted by Crippen LogP contribution is -2.45. The number of aliphatic carboxylic acids is 1. The summed E-state index contributed by atoms with van der Waals surface area (Å²) in [5, 5.41) is 15.5. The Labute approximate surface area is 282 Å². The number of pyridine rings is 1. The fraction of sp³-hybridized carbons (Fsp3) is 0.487. The molecule has 0 spiro atoms. The molecule has 256 valence electrons. The summed E-state index contributed by atoms with van der Waals surface area (Å²) in [7, 11) is 0. The van der Waals surface area contributed by atoms with Crippen LogP contribution >= 0.6 is 0 Å². The lowest BCUT2D eigenvalue weighted by molar-refractivity contribution is -0.160. The van der Waals surface area contributed by atoms with Crippen molar-refractivity contribution in [2.45, 2.75) is 104 Å². The Balaban J connectivity index is 1.55. The minimum absolute atomic E-state index is 0.0929. The number of aromatic nitrogens is 2. The molecule has 1 N–H and O–H groups in total. The van der Waals surface area contributed by atoms with E-state index in [1.54, 1.807) is 13.0 Å². The smallest absolute Gasteiger partial charge is 0.337 e. The van der Waals surface area contributed by atoms with Crippen LogP contribution in [-0.2, 0) is 14.3 Å². The molecule has 0 unspecified atom stereocenters. The lowest BCUT2D eigenvalue weighted by atomic mass is 9.91. The zero-order valence-corrected chi connectivity index (χ0v) is 29.2. The van der Waals surface area contributed by atoms with Crippen LogP contribution in [0, 0.1) is 19.7 Å². The van der Waals surface area contributed by atoms with Crippen LogP contribution in [0.4, 0.5) is 10.1 Å². The van der Waals surface area contributed by atoms with E-state index in [2.05, 4.69) is 11.8 Å². The Morgan fingerprint density at radius 2 is 1.81 bits per heavy atom. The van der Waals surface area contributed by atoms with E-state index in [4.69, 9.17) is 19.3 Å². The topological polar surface area (TPSA) is 85.5 Å². The van der Waals surface area contributed by atoms with Gasteiger partial charge in [0, 0.05) is 37.0 Å². The second-order valence-electron chi connectivity index (χ2n) is 14.7. The monoisotopic (exact) mass is 657 g/mol. The molecule has 2 atom stereocenters. The highest BCUT2D eigenvalue weighted by molar-refractivity contribution is 5.87. The fourth-order valence-corrected chi connectivity index (χ4v) is 6.98. The average molecular weight is 658 g/mol. The number of carboxylic acid groups (broad SMARTS) is 1. The number of hydrogen-bond acceptors (Lipinski definition) is 6. The normalized spacial score (nSPS) is 21.2. The number of nitrogens with zero attached hydrogens (tertiary/aromatic N) is 3. The van der Waals surface area contributed by atoms with Crippen LogP contribution in [0.2, 0.25) is 0 Å². The SMILES string of the molecule is Cc1ccc2c(c1F)-c1cccc(c1)-c1cc3c(c([C@H](OC(C)(C)C)C(=O)O)c(C)cn3n1)N1CCC(C)(CC1)OCCCC[C@@H](C)O2. The third kappa shape index (κ3) is 6.94. The summed E-state index contributed by atoms with van der Waals surface area (Å²) in [6, 6.07) is 13.4. The predicted octanol–water partition coefficient (Wildman–Crippen LogP) is 8.69. The summed E-state index contributed by atoms with van der Waals surface area (Å²) < 4.78 is 36.8. The van der Waals surface area contributed by atoms with Crippen LogP contribution in [0.3, 0.4) is 0 Å². The molecule has 9 heteroatoms. The Morgan fingerprint density at radius 3 is 2.52 bits per heavy atom. The number of rotatable bonds is 3. The molecule has 5 heterocycles. The zero-order chi connectivity index (χ0) is 34.4. The van der Waals surface area contributed by atoms with Gasteiger partial charge >= 0.3 is 5.97 Å². The quantitative estimate of drug-likeness (QED) is 0.236. The Kier molecular flexibility index (Phi) is 9.30. The van der Waals surface area contributed by atoms with Gasteiger partial charge in [0.2, 0.25) is 0 Å². The van der Waals surface area contributed by atoms with Crippen LogP contribution in [0.1, 0.15) is 89.5 Å². The molecule has 0 radical (unpaired) electrons. The first kappa shape index (κ1) is 33.9. The van der Waals surface area contributed by atoms with Gasteiger partial charge in [0.15, 0.2) is 6.10 Å². The van der Waals surface area contributed by atoms with E-state index in [1.807, 2.05) is 81.7 Å². The predicted molar refractivity (Wildman–Crippen MR) is 186 cm³/mol. The van der Waals surface area contributed by atoms with Crippen molar-refractivity contribution in [3.05, 3.63) is 71.2 Å². The van der Waals surface area contributed by atoms with Crippen LogP contribution in [0.15, 0.2) is 48.7 Å². The van der Waals surface area contributed by atoms with Gasteiger partial charge in [-0.25, -0.2) is 13.7 Å². The van der Waals surface area contributed by atoms with Gasteiger partial charge in [-0.2, -0.15) is 5.10 Å². The minimum Gasteiger partial charge on any atom is -0.490 e. The first-order valence-electron chi connectivity index (χ1n) is 17.1. The summed E-state index contributed by atoms with van der Waals surface area (Å²) in [6.45, 7) is 15.5. The summed E-state index contributed by atoms with van der Waals surface area (Å²) >= 11 is 0. The van der Waals surface area contributed by atoms with Crippen molar-refractivity contribution < 1.29 is 28.5 Å². The molecular weight excluding hydrogens is 609 g/mol. The van der Waals surface area contributed by atoms with Crippen molar-refractivity contribution in [1.82, 2.24) is 9.61 Å². The molecular formula is C39H48FN3O5. The first-order chi connectivity index (χ1) is 22.7. The highest BCUT2D eigenvalue weighted by Gasteiger charge is 2.37. The average Bonchev–Trinajstić information content (AvgIpc) is 3.44. The van der Waals surface area contributed by atoms with E-state index >= 15 is 4.39 Å². The van der Waals surface area contributed by atoms with Crippen molar-refractivity contribution >= 4 is 17.2 Å². The molecule has 1 saturated heterocycles. The number of hydrogen-bond donors (Lipinski definition) is 1. The van der Waals surface area contributed by atoms with Gasteiger partial charge in [-0.05, 0) is 115 Å². The number of fused-ring (bicyclic) bond motifs is 8. The number of ether oxygens (including phenoxy) is 3. The molecule has 3 aliphatic heterocycles. The van der Waals surface area contributed by atoms with Crippen LogP contribution in [0.25, 0.3) is 27.9 Å². The van der Waals surface area contributed by atoms with E-state index in [9.17, 15) is 9.90 Å². The molecule has 3 aliphatic rings. The molecule has 6 bridgehead atoms. The van der Waals surface area contributed by atoms with Crippen molar-refractivity contribution in [2.75, 3.05) is 24.6 Å². The zero-order valence-electron chi connectivity index (χ0n) is 29.2. The molecule has 0 amide bonds. The van der Waals surface area contributed by atoms with E-state index < -0.39 is 17.7 Å². The second-order valence-corrected chi connectivity index (χ2v) is 14.7. The standard InChI is InChI=1S/C39H48FN3O5/c1-24-14-15-31-33(34(24)40)28-13-10-12-27(21-28)29-22-30-35(32(25(2)23-43(30)41-29)36(37(44)45)48-38(4,5)6)42-18-16-39(7,17-19-42)46-20-9-8-11-26(3)47-31/h10,12-15,21-23,26,36H,8-9,11,16-20H2,1-7H3,(H,44,45)/t26-,36+/m1/s1. The number of benzene rings is 2. The third-order valence-electron chi connectivity index (χ3n) is 9.60. The molecule has 48 heavy (non-hydrogen) atoms. The summed E-state index contributed by atoms with van der Waals surface area (Å²) in [5.41, 5.74) is 5.24. The van der Waals surface area contributed by atoms with Crippen LogP contribution < -0.4 is 9.64 Å². The number of piperidine rings is 1. The Hall–Kier alpha value is -3.95. The van der Waals surface area contributed by atoms with Gasteiger partial charge in [0.1, 0.15) is 11.6 Å². The van der Waals surface area contributed by atoms with E-state index in [-0.39, 0.29) is 17.5 Å². The largest absolute Gasteiger partial charge is 0.490 e. The molecule has 2 aromatic heterocycles. The minimum atomic E-state index is -1.17. The highest BCUT2D eigenvalue weighted by Crippen LogP contribution is 2.42. The van der Waals surface area contributed by atoms with Crippen LogP contribution in [0.5, 0.6) is 5.75 Å². The fourth-order valence-electron chi connectivity index (χ4n) is 6.98. The third-order valence-corrected chi connectivity index (χ3v) is 9.60. The van der Waals surface area contributed by atoms with E-state index in [0.29, 0.717) is 53.4 Å². The van der Waals surface area contributed by atoms with Crippen molar-refractivity contribution in [1.29, 1.82) is 0 Å². The van der Waals surface area contributed by atoms with Gasteiger partial charge in [0.25, 0.3) is 0 Å². The molecule has 7 rings (SSSR count). The van der Waals surface area contributed by atoms with Crippen molar-refractivity contribution in [3.63, 3.8) is 0 Å². The number of aryl methyl sites for hydroxylation is 2. The molecule has 0 saturated carbocycles. The molecule has 2 aromatic carbocycles. The van der Waals surface area contributed by atoms with Crippen LogP contribution in [-0.4, -0.2) is 57.7 Å². The maximum atomic E-state index is 15.9. The van der Waals surface area contributed by atoms with Gasteiger partial charge in [0.05, 0.1) is 39.8 Å². The van der Waals surface area contributed by atoms with Crippen molar-refractivity contribution in [2.24, 2.45) is 0 Å². The van der Waals surface area contributed by atoms with E-state index in [1.165, 1.54) is 0 Å². The van der Waals surface area contributed by atoms with Gasteiger partial charge in [-0.3, -0.25) is 0 Å². The highest BCUT2D eigenvalue weighted by atomic mass is 19.1. The summed E-state index contributed by atoms with van der Waals surface area (Å²) in [5.74, 6) is -0.826. The molecule has 0 aliphatic carbocycles. The number of carbonyl (C=O) groups is 1. The Morgan fingerprint density at radius 1 is 1.08 bits per heavy atom. The van der Waals surface area contributed by atoms with Crippen molar-refractivity contribution in [3.8, 4) is 28.1 Å². The maximum Gasteiger partial charge on any atom is 0.337 e. The number of halogens is 1. The van der Waals surface area contributed by atoms with Gasteiger partial charge in [-0.1, -0.05) is 24.3 Å². The maximum absolute atomic E-state index is 15.9. The summed E-state index contributed by atoms with van der Waals surface area (Å²) in [6.07, 6.45) is 4.87. The lowest BCUT2D eigenvalue weighted by Gasteiger charge is -2.42.